The zero-order chi connectivity index (χ0) is 24.4. The molecule has 0 radical (unpaired) electrons. The fraction of sp³-hybridized carbons (Fsp3) is 0.480. The Balaban J connectivity index is 1.65. The summed E-state index contributed by atoms with van der Waals surface area (Å²) in [7, 11) is 0. The first-order valence-corrected chi connectivity index (χ1v) is 11.7. The molecule has 2 unspecified atom stereocenters. The van der Waals surface area contributed by atoms with E-state index in [1.165, 1.54) is 0 Å². The molecule has 2 aliphatic rings. The number of carbonyl (C=O) groups excluding carboxylic acids is 2. The maximum atomic E-state index is 13.3. The number of nitrogens with zero attached hydrogens (tertiary/aromatic N) is 3. The number of ether oxygens (including phenoxy) is 1. The number of aromatic amines is 1. The van der Waals surface area contributed by atoms with E-state index in [1.807, 2.05) is 29.2 Å². The molecule has 2 N–H and O–H groups in total. The van der Waals surface area contributed by atoms with Crippen LogP contribution in [0.5, 0.6) is 0 Å². The minimum Gasteiger partial charge on any atom is -0.466 e. The molecule has 1 amide bonds. The van der Waals surface area contributed by atoms with Gasteiger partial charge in [-0.2, -0.15) is 10.2 Å². The number of nitrogens with one attached hydrogen (secondary N) is 2. The van der Waals surface area contributed by atoms with E-state index in [0.29, 0.717) is 44.4 Å². The molecule has 2 aromatic rings. The van der Waals surface area contributed by atoms with E-state index in [4.69, 9.17) is 4.74 Å². The number of esters is 1. The maximum Gasteiger partial charge on any atom is 0.309 e. The van der Waals surface area contributed by atoms with Crippen molar-refractivity contribution in [3.8, 4) is 6.07 Å². The minimum absolute atomic E-state index is 0.171. The molecule has 2 aliphatic heterocycles. The van der Waals surface area contributed by atoms with E-state index in [-0.39, 0.29) is 28.8 Å². The highest BCUT2D eigenvalue weighted by Crippen LogP contribution is 2.38. The highest BCUT2D eigenvalue weighted by Gasteiger charge is 2.40. The molecule has 0 saturated carbocycles. The lowest BCUT2D eigenvalue weighted by Crippen LogP contribution is -2.41. The number of benzene rings is 1. The van der Waals surface area contributed by atoms with Gasteiger partial charge in [0.15, 0.2) is 0 Å². The van der Waals surface area contributed by atoms with Gasteiger partial charge < -0.3 is 15.0 Å². The van der Waals surface area contributed by atoms with Gasteiger partial charge in [-0.15, -0.1) is 0 Å². The molecule has 1 fully saturated rings. The van der Waals surface area contributed by atoms with Crippen molar-refractivity contribution in [1.29, 1.82) is 5.26 Å². The van der Waals surface area contributed by atoms with Crippen LogP contribution in [0.25, 0.3) is 0 Å². The summed E-state index contributed by atoms with van der Waals surface area (Å²) in [6, 6.07) is 9.74. The normalized spacial score (nSPS) is 20.4. The van der Waals surface area contributed by atoms with Crippen LogP contribution in [-0.2, 0) is 14.3 Å². The van der Waals surface area contributed by atoms with Gasteiger partial charge >= 0.3 is 5.97 Å². The molecular formula is C25H29N5O4. The summed E-state index contributed by atoms with van der Waals surface area (Å²) >= 11 is 0. The maximum absolute atomic E-state index is 13.3. The second kappa shape index (κ2) is 9.67. The molecule has 34 heavy (non-hydrogen) atoms. The van der Waals surface area contributed by atoms with Crippen LogP contribution in [-0.4, -0.2) is 41.5 Å². The highest BCUT2D eigenvalue weighted by molar-refractivity contribution is 5.98. The molecule has 1 aromatic carbocycles. The summed E-state index contributed by atoms with van der Waals surface area (Å²) in [5.74, 6) is -1.73. The fourth-order valence-corrected chi connectivity index (χ4v) is 4.68. The Bertz CT molecular complexity index is 1170. The number of H-pyrrole nitrogens is 1. The van der Waals surface area contributed by atoms with Gasteiger partial charge in [0, 0.05) is 19.0 Å². The topological polar surface area (TPSA) is 128 Å². The van der Waals surface area contributed by atoms with Crippen LogP contribution < -0.4 is 15.8 Å². The summed E-state index contributed by atoms with van der Waals surface area (Å²) < 4.78 is 5.12. The summed E-state index contributed by atoms with van der Waals surface area (Å²) in [5.41, 5.74) is 1.76. The van der Waals surface area contributed by atoms with Crippen molar-refractivity contribution in [1.82, 2.24) is 9.97 Å². The van der Waals surface area contributed by atoms with Gasteiger partial charge in [-0.3, -0.25) is 19.4 Å². The molecular weight excluding hydrogens is 434 g/mol. The number of nitriles is 1. The van der Waals surface area contributed by atoms with E-state index in [1.54, 1.807) is 6.92 Å². The van der Waals surface area contributed by atoms with Crippen molar-refractivity contribution < 1.29 is 14.3 Å². The van der Waals surface area contributed by atoms with Gasteiger partial charge in [0.25, 0.3) is 5.56 Å². The second-order valence-corrected chi connectivity index (χ2v) is 9.06. The second-order valence-electron chi connectivity index (χ2n) is 9.06. The number of piperidine rings is 1. The van der Waals surface area contributed by atoms with Crippen LogP contribution in [0.15, 0.2) is 29.1 Å². The predicted octanol–water partition coefficient (Wildman–Crippen LogP) is 2.90. The number of hydrogen-bond donors (Lipinski definition) is 2. The number of carbonyl (C=O) groups is 2. The lowest BCUT2D eigenvalue weighted by Gasteiger charge is -2.33. The van der Waals surface area contributed by atoms with Crippen molar-refractivity contribution in [3.05, 3.63) is 51.3 Å². The van der Waals surface area contributed by atoms with Crippen molar-refractivity contribution in [2.24, 2.45) is 11.8 Å². The first-order chi connectivity index (χ1) is 16.3. The number of fused-ring (bicyclic) bond motifs is 1. The van der Waals surface area contributed by atoms with Crippen LogP contribution in [0.4, 0.5) is 11.8 Å². The zero-order valence-corrected chi connectivity index (χ0v) is 19.6. The highest BCUT2D eigenvalue weighted by atomic mass is 16.5. The number of anilines is 2. The van der Waals surface area contributed by atoms with Crippen molar-refractivity contribution in [2.45, 2.75) is 45.4 Å². The van der Waals surface area contributed by atoms with Gasteiger partial charge in [0.2, 0.25) is 11.9 Å². The van der Waals surface area contributed by atoms with Crippen LogP contribution in [0, 0.1) is 23.2 Å². The Morgan fingerprint density at radius 2 is 1.91 bits per heavy atom. The third-order valence-electron chi connectivity index (χ3n) is 6.63. The van der Waals surface area contributed by atoms with Gasteiger partial charge in [-0.25, -0.2) is 0 Å². The first kappa shape index (κ1) is 23.5. The van der Waals surface area contributed by atoms with Crippen LogP contribution in [0.3, 0.4) is 0 Å². The smallest absolute Gasteiger partial charge is 0.309 e. The number of amides is 1. The van der Waals surface area contributed by atoms with Crippen LogP contribution >= 0.6 is 0 Å². The SMILES string of the molecule is CCOC(=O)C1CCN(c2nc3c(c(=O)[nH]2)C(c2ccc(C(C)C)cc2)C(C#N)C(=O)N3)CC1. The van der Waals surface area contributed by atoms with Crippen LogP contribution in [0.1, 0.15) is 62.1 Å². The molecule has 0 spiro atoms. The Morgan fingerprint density at radius 1 is 1.24 bits per heavy atom. The molecule has 178 valence electrons. The van der Waals surface area contributed by atoms with Crippen molar-refractivity contribution in [2.75, 3.05) is 29.9 Å². The molecule has 0 bridgehead atoms. The number of rotatable bonds is 5. The van der Waals surface area contributed by atoms with Gasteiger partial charge in [-0.1, -0.05) is 38.1 Å². The van der Waals surface area contributed by atoms with E-state index < -0.39 is 17.7 Å². The van der Waals surface area contributed by atoms with Crippen molar-refractivity contribution >= 4 is 23.6 Å². The van der Waals surface area contributed by atoms with E-state index >= 15 is 0 Å². The fourth-order valence-electron chi connectivity index (χ4n) is 4.68. The molecule has 4 rings (SSSR count). The Hall–Kier alpha value is -3.67. The van der Waals surface area contributed by atoms with E-state index in [2.05, 4.69) is 35.2 Å². The Kier molecular flexibility index (Phi) is 6.68. The molecule has 9 nitrogen and oxygen atoms in total. The molecule has 1 saturated heterocycles. The Labute approximate surface area is 198 Å². The minimum atomic E-state index is -1.04. The summed E-state index contributed by atoms with van der Waals surface area (Å²) in [6.07, 6.45) is 1.18. The third kappa shape index (κ3) is 4.40. The predicted molar refractivity (Wildman–Crippen MR) is 127 cm³/mol. The molecule has 9 heteroatoms. The monoisotopic (exact) mass is 463 g/mol. The lowest BCUT2D eigenvalue weighted by atomic mass is 9.79. The van der Waals surface area contributed by atoms with Crippen molar-refractivity contribution in [3.63, 3.8) is 0 Å². The first-order valence-electron chi connectivity index (χ1n) is 11.7. The quantitative estimate of drug-likeness (QED) is 0.653. The van der Waals surface area contributed by atoms with Gasteiger partial charge in [0.1, 0.15) is 11.7 Å². The summed E-state index contributed by atoms with van der Waals surface area (Å²) in [5, 5.41) is 12.4. The number of aromatic nitrogens is 2. The lowest BCUT2D eigenvalue weighted by molar-refractivity contribution is -0.148. The third-order valence-corrected chi connectivity index (χ3v) is 6.63. The molecule has 1 aromatic heterocycles. The standard InChI is InChI=1S/C25H29N5O4/c1-4-34-24(33)17-9-11-30(12-10-17)25-28-21-20(23(32)29-25)19(18(13-26)22(31)27-21)16-7-5-15(6-8-16)14(2)3/h5-8,14,17-19H,4,9-12H2,1-3H3,(H2,27,28,29,31,32). The summed E-state index contributed by atoms with van der Waals surface area (Å²) in [6.45, 7) is 7.36. The largest absolute Gasteiger partial charge is 0.466 e. The average Bonchev–Trinajstić information content (AvgIpc) is 2.83. The van der Waals surface area contributed by atoms with E-state index in [0.717, 1.165) is 11.1 Å². The molecule has 3 heterocycles. The summed E-state index contributed by atoms with van der Waals surface area (Å²) in [4.78, 5) is 47.4. The molecule has 2 atom stereocenters. The number of hydrogen-bond acceptors (Lipinski definition) is 7. The van der Waals surface area contributed by atoms with Crippen LogP contribution in [0.2, 0.25) is 0 Å². The molecule has 0 aliphatic carbocycles. The van der Waals surface area contributed by atoms with Gasteiger partial charge in [0.05, 0.1) is 24.2 Å². The van der Waals surface area contributed by atoms with Gasteiger partial charge in [-0.05, 0) is 36.8 Å². The Morgan fingerprint density at radius 3 is 2.50 bits per heavy atom. The zero-order valence-electron chi connectivity index (χ0n) is 19.6. The average molecular weight is 464 g/mol. The van der Waals surface area contributed by atoms with E-state index in [9.17, 15) is 19.6 Å².